The van der Waals surface area contributed by atoms with E-state index in [1.54, 1.807) is 0 Å². The predicted molar refractivity (Wildman–Crippen MR) is 77.0 cm³/mol. The van der Waals surface area contributed by atoms with Crippen LogP contribution in [-0.2, 0) is 4.79 Å². The lowest BCUT2D eigenvalue weighted by Crippen LogP contribution is -2.56. The van der Waals surface area contributed by atoms with Crippen LogP contribution in [-0.4, -0.2) is 36.5 Å². The predicted octanol–water partition coefficient (Wildman–Crippen LogP) is 2.70. The second kappa shape index (κ2) is 5.82. The highest BCUT2D eigenvalue weighted by molar-refractivity contribution is 5.78. The Balaban J connectivity index is 1.45. The van der Waals surface area contributed by atoms with Gasteiger partial charge in [0.05, 0.1) is 6.54 Å². The van der Waals surface area contributed by atoms with Crippen LogP contribution in [0.2, 0.25) is 0 Å². The maximum absolute atomic E-state index is 12.2. The summed E-state index contributed by atoms with van der Waals surface area (Å²) in [7, 11) is 0. The zero-order valence-corrected chi connectivity index (χ0v) is 12.1. The first-order valence-corrected chi connectivity index (χ1v) is 8.31. The van der Waals surface area contributed by atoms with E-state index in [2.05, 4.69) is 10.2 Å². The topological polar surface area (TPSA) is 32.3 Å². The number of carbonyl (C=O) groups excluding carboxylic acids is 1. The average Bonchev–Trinajstić information content (AvgIpc) is 2.48. The number of likely N-dealkylation sites (tertiary alicyclic amines) is 1. The lowest BCUT2D eigenvalue weighted by Gasteiger charge is -2.52. The van der Waals surface area contributed by atoms with Gasteiger partial charge in [0.1, 0.15) is 0 Å². The molecule has 1 saturated heterocycles. The van der Waals surface area contributed by atoms with Gasteiger partial charge in [-0.25, -0.2) is 0 Å². The van der Waals surface area contributed by atoms with Crippen molar-refractivity contribution in [3.8, 4) is 0 Å². The minimum Gasteiger partial charge on any atom is -0.342 e. The molecule has 1 heterocycles. The summed E-state index contributed by atoms with van der Waals surface area (Å²) < 4.78 is 0. The number of hydrogen-bond donors (Lipinski definition) is 1. The highest BCUT2D eigenvalue weighted by atomic mass is 16.2. The van der Waals surface area contributed by atoms with Crippen molar-refractivity contribution in [3.63, 3.8) is 0 Å². The van der Waals surface area contributed by atoms with Gasteiger partial charge >= 0.3 is 0 Å². The van der Waals surface area contributed by atoms with E-state index in [1.165, 1.54) is 64.2 Å². The standard InChI is InChI=1S/C16H28N2O/c19-15(18-11-5-2-6-12-18)13-17-14-7-10-16(14)8-3-1-4-9-16/h14,17H,1-13H2. The van der Waals surface area contributed by atoms with Gasteiger partial charge in [0, 0.05) is 19.1 Å². The maximum Gasteiger partial charge on any atom is 0.236 e. The molecule has 3 heteroatoms. The second-order valence-electron chi connectivity index (χ2n) is 6.84. The number of amides is 1. The van der Waals surface area contributed by atoms with E-state index < -0.39 is 0 Å². The average molecular weight is 264 g/mol. The van der Waals surface area contributed by atoms with Crippen LogP contribution in [0.3, 0.4) is 0 Å². The summed E-state index contributed by atoms with van der Waals surface area (Å²) in [5.74, 6) is 0.331. The van der Waals surface area contributed by atoms with Crippen LogP contribution >= 0.6 is 0 Å². The van der Waals surface area contributed by atoms with Gasteiger partial charge in [-0.2, -0.15) is 0 Å². The van der Waals surface area contributed by atoms with Crippen LogP contribution in [0.1, 0.15) is 64.2 Å². The third kappa shape index (κ3) is 2.81. The van der Waals surface area contributed by atoms with E-state index in [-0.39, 0.29) is 0 Å². The summed E-state index contributed by atoms with van der Waals surface area (Å²) in [4.78, 5) is 14.2. The Morgan fingerprint density at radius 1 is 1.00 bits per heavy atom. The van der Waals surface area contributed by atoms with Gasteiger partial charge in [-0.3, -0.25) is 4.79 Å². The van der Waals surface area contributed by atoms with Crippen LogP contribution in [0.25, 0.3) is 0 Å². The molecule has 19 heavy (non-hydrogen) atoms. The van der Waals surface area contributed by atoms with Crippen molar-refractivity contribution in [2.45, 2.75) is 70.3 Å². The third-order valence-electron chi connectivity index (χ3n) is 5.73. The summed E-state index contributed by atoms with van der Waals surface area (Å²) in [5, 5.41) is 3.59. The molecule has 0 aromatic rings. The Kier molecular flexibility index (Phi) is 4.11. The van der Waals surface area contributed by atoms with Gasteiger partial charge in [-0.05, 0) is 50.4 Å². The Bertz CT molecular complexity index is 317. The molecule has 0 aromatic carbocycles. The highest BCUT2D eigenvalue weighted by Crippen LogP contribution is 2.51. The number of carbonyl (C=O) groups is 1. The lowest BCUT2D eigenvalue weighted by atomic mass is 9.57. The number of rotatable bonds is 3. The molecule has 0 aromatic heterocycles. The molecule has 1 aliphatic heterocycles. The van der Waals surface area contributed by atoms with Crippen molar-refractivity contribution >= 4 is 5.91 Å². The molecule has 3 aliphatic rings. The summed E-state index contributed by atoms with van der Waals surface area (Å²) >= 11 is 0. The van der Waals surface area contributed by atoms with Crippen molar-refractivity contribution in [3.05, 3.63) is 0 Å². The first kappa shape index (κ1) is 13.4. The lowest BCUT2D eigenvalue weighted by molar-refractivity contribution is -0.131. The molecule has 1 spiro atoms. The number of piperidine rings is 1. The normalized spacial score (nSPS) is 30.1. The van der Waals surface area contributed by atoms with Crippen LogP contribution in [0, 0.1) is 5.41 Å². The Hall–Kier alpha value is -0.570. The van der Waals surface area contributed by atoms with E-state index in [4.69, 9.17) is 0 Å². The van der Waals surface area contributed by atoms with Gasteiger partial charge in [0.15, 0.2) is 0 Å². The van der Waals surface area contributed by atoms with Gasteiger partial charge in [-0.15, -0.1) is 0 Å². The maximum atomic E-state index is 12.2. The van der Waals surface area contributed by atoms with E-state index >= 15 is 0 Å². The molecule has 2 aliphatic carbocycles. The number of nitrogens with one attached hydrogen (secondary N) is 1. The Morgan fingerprint density at radius 2 is 1.68 bits per heavy atom. The molecule has 3 fully saturated rings. The van der Waals surface area contributed by atoms with Crippen molar-refractivity contribution in [1.82, 2.24) is 10.2 Å². The van der Waals surface area contributed by atoms with Gasteiger partial charge in [-0.1, -0.05) is 19.3 Å². The molecule has 2 saturated carbocycles. The number of hydrogen-bond acceptors (Lipinski definition) is 2. The molecule has 108 valence electrons. The molecule has 1 atom stereocenters. The quantitative estimate of drug-likeness (QED) is 0.850. The fourth-order valence-electron chi connectivity index (χ4n) is 4.34. The molecule has 1 unspecified atom stereocenters. The Morgan fingerprint density at radius 3 is 2.32 bits per heavy atom. The molecular weight excluding hydrogens is 236 g/mol. The molecule has 0 radical (unpaired) electrons. The van der Waals surface area contributed by atoms with E-state index in [0.29, 0.717) is 23.9 Å². The van der Waals surface area contributed by atoms with Gasteiger partial charge < -0.3 is 10.2 Å². The van der Waals surface area contributed by atoms with Crippen molar-refractivity contribution < 1.29 is 4.79 Å². The summed E-state index contributed by atoms with van der Waals surface area (Å²) in [6, 6.07) is 0.626. The van der Waals surface area contributed by atoms with Crippen molar-refractivity contribution in [1.29, 1.82) is 0 Å². The zero-order valence-electron chi connectivity index (χ0n) is 12.1. The van der Waals surface area contributed by atoms with Crippen LogP contribution in [0.4, 0.5) is 0 Å². The van der Waals surface area contributed by atoms with Gasteiger partial charge in [0.25, 0.3) is 0 Å². The molecule has 3 rings (SSSR count). The SMILES string of the molecule is O=C(CNC1CCC12CCCCC2)N1CCCCC1. The molecular formula is C16H28N2O. The summed E-state index contributed by atoms with van der Waals surface area (Å²) in [5.41, 5.74) is 0.570. The number of nitrogens with zero attached hydrogens (tertiary/aromatic N) is 1. The fraction of sp³-hybridized carbons (Fsp3) is 0.938. The molecule has 3 nitrogen and oxygen atoms in total. The van der Waals surface area contributed by atoms with Gasteiger partial charge in [0.2, 0.25) is 5.91 Å². The molecule has 1 N–H and O–H groups in total. The first-order valence-electron chi connectivity index (χ1n) is 8.31. The summed E-state index contributed by atoms with van der Waals surface area (Å²) in [6.45, 7) is 2.54. The third-order valence-corrected chi connectivity index (χ3v) is 5.73. The van der Waals surface area contributed by atoms with E-state index in [0.717, 1.165) is 13.1 Å². The molecule has 1 amide bonds. The smallest absolute Gasteiger partial charge is 0.236 e. The minimum atomic E-state index is 0.331. The second-order valence-corrected chi connectivity index (χ2v) is 6.84. The largest absolute Gasteiger partial charge is 0.342 e. The molecule has 0 bridgehead atoms. The monoisotopic (exact) mass is 264 g/mol. The minimum absolute atomic E-state index is 0.331. The van der Waals surface area contributed by atoms with Crippen LogP contribution in [0.15, 0.2) is 0 Å². The van der Waals surface area contributed by atoms with Crippen LogP contribution in [0.5, 0.6) is 0 Å². The Labute approximate surface area is 117 Å². The highest BCUT2D eigenvalue weighted by Gasteiger charge is 2.46. The van der Waals surface area contributed by atoms with Crippen molar-refractivity contribution in [2.75, 3.05) is 19.6 Å². The van der Waals surface area contributed by atoms with E-state index in [1.807, 2.05) is 0 Å². The van der Waals surface area contributed by atoms with Crippen molar-refractivity contribution in [2.24, 2.45) is 5.41 Å². The zero-order chi connectivity index (χ0) is 13.1. The van der Waals surface area contributed by atoms with E-state index in [9.17, 15) is 4.79 Å². The van der Waals surface area contributed by atoms with Crippen LogP contribution < -0.4 is 5.32 Å². The summed E-state index contributed by atoms with van der Waals surface area (Å²) in [6.07, 6.45) is 13.4. The first-order chi connectivity index (χ1) is 9.30. The fourth-order valence-corrected chi connectivity index (χ4v) is 4.34.